The number of amides is 2. The number of guanidine groups is 1. The second-order valence-electron chi connectivity index (χ2n) is 8.29. The molecule has 1 aromatic carbocycles. The average molecular weight is 441 g/mol. The average Bonchev–Trinajstić information content (AvgIpc) is 3.29. The Bertz CT molecular complexity index is 832. The van der Waals surface area contributed by atoms with E-state index in [1.807, 2.05) is 41.4 Å². The van der Waals surface area contributed by atoms with Gasteiger partial charge in [0.1, 0.15) is 6.04 Å². The van der Waals surface area contributed by atoms with E-state index in [4.69, 9.17) is 5.26 Å². The summed E-state index contributed by atoms with van der Waals surface area (Å²) in [7, 11) is 0. The van der Waals surface area contributed by atoms with Crippen molar-refractivity contribution >= 4 is 17.8 Å². The molecular formula is C23H32N6O3. The number of aliphatic hydroxyl groups excluding tert-OH is 1. The van der Waals surface area contributed by atoms with Crippen molar-refractivity contribution in [2.45, 2.75) is 50.6 Å². The molecule has 2 unspecified atom stereocenters. The summed E-state index contributed by atoms with van der Waals surface area (Å²) in [6, 6.07) is 8.65. The molecule has 0 spiro atoms. The minimum Gasteiger partial charge on any atom is -0.394 e. The first kappa shape index (κ1) is 23.5. The lowest BCUT2D eigenvalue weighted by molar-refractivity contribution is -0.140. The van der Waals surface area contributed by atoms with Crippen molar-refractivity contribution in [3.8, 4) is 6.19 Å². The lowest BCUT2D eigenvalue weighted by atomic mass is 10.1. The van der Waals surface area contributed by atoms with Crippen LogP contribution in [0.1, 0.15) is 37.7 Å². The summed E-state index contributed by atoms with van der Waals surface area (Å²) >= 11 is 0. The fourth-order valence-electron chi connectivity index (χ4n) is 4.16. The van der Waals surface area contributed by atoms with Gasteiger partial charge < -0.3 is 20.2 Å². The maximum Gasteiger partial charge on any atom is 0.247 e. The zero-order chi connectivity index (χ0) is 22.8. The lowest BCUT2D eigenvalue weighted by Crippen LogP contribution is -2.48. The number of hydrogen-bond donors (Lipinski definition) is 3. The molecule has 3 N–H and O–H groups in total. The predicted octanol–water partition coefficient (Wildman–Crippen LogP) is 0.610. The van der Waals surface area contributed by atoms with Gasteiger partial charge in [-0.2, -0.15) is 5.26 Å². The van der Waals surface area contributed by atoms with Crippen molar-refractivity contribution in [3.63, 3.8) is 0 Å². The molecular weight excluding hydrogens is 408 g/mol. The zero-order valence-electron chi connectivity index (χ0n) is 18.4. The van der Waals surface area contributed by atoms with Crippen molar-refractivity contribution in [2.75, 3.05) is 32.8 Å². The van der Waals surface area contributed by atoms with E-state index in [9.17, 15) is 14.7 Å². The molecule has 2 aliphatic heterocycles. The molecule has 2 heterocycles. The van der Waals surface area contributed by atoms with E-state index in [-0.39, 0.29) is 37.0 Å². The second-order valence-corrected chi connectivity index (χ2v) is 8.29. The highest BCUT2D eigenvalue weighted by atomic mass is 16.3. The summed E-state index contributed by atoms with van der Waals surface area (Å²) in [6.07, 6.45) is 6.58. The van der Waals surface area contributed by atoms with Crippen molar-refractivity contribution in [3.05, 3.63) is 35.9 Å². The Morgan fingerprint density at radius 3 is 2.59 bits per heavy atom. The molecule has 2 amide bonds. The van der Waals surface area contributed by atoms with Crippen molar-refractivity contribution in [2.24, 2.45) is 4.99 Å². The Balaban J connectivity index is 1.68. The van der Waals surface area contributed by atoms with Gasteiger partial charge in [0.2, 0.25) is 17.8 Å². The van der Waals surface area contributed by atoms with Crippen LogP contribution in [-0.2, 0) is 16.0 Å². The molecule has 0 bridgehead atoms. The van der Waals surface area contributed by atoms with Crippen LogP contribution < -0.4 is 10.6 Å². The van der Waals surface area contributed by atoms with Crippen molar-refractivity contribution in [1.29, 1.82) is 5.26 Å². The van der Waals surface area contributed by atoms with E-state index in [1.165, 1.54) is 0 Å². The van der Waals surface area contributed by atoms with Crippen molar-refractivity contribution in [1.82, 2.24) is 20.4 Å². The van der Waals surface area contributed by atoms with Gasteiger partial charge in [-0.15, -0.1) is 0 Å². The van der Waals surface area contributed by atoms with Gasteiger partial charge in [-0.25, -0.2) is 4.99 Å². The van der Waals surface area contributed by atoms with Gasteiger partial charge >= 0.3 is 0 Å². The molecule has 0 aromatic heterocycles. The topological polar surface area (TPSA) is 121 Å². The first-order chi connectivity index (χ1) is 15.6. The number of nitrogens with zero attached hydrogens (tertiary/aromatic N) is 4. The smallest absolute Gasteiger partial charge is 0.247 e. The molecule has 3 rings (SSSR count). The van der Waals surface area contributed by atoms with Crippen LogP contribution in [0.4, 0.5) is 0 Å². The van der Waals surface area contributed by atoms with Crippen molar-refractivity contribution < 1.29 is 14.7 Å². The number of nitrogens with one attached hydrogen (secondary N) is 2. The number of aliphatic imine (C=N–C) groups is 1. The lowest BCUT2D eigenvalue weighted by Gasteiger charge is -2.25. The summed E-state index contributed by atoms with van der Waals surface area (Å²) < 4.78 is 0. The van der Waals surface area contributed by atoms with E-state index in [0.29, 0.717) is 19.4 Å². The van der Waals surface area contributed by atoms with E-state index in [0.717, 1.165) is 44.3 Å². The molecule has 0 aliphatic carbocycles. The standard InChI is InChI=1S/C23H32N6O3/c24-17-25-23(26-19(16-30)14-18-8-2-1-3-9-18)27-20-10-4-5-13-29(22(20)32)15-21(31)28-11-6-7-12-28/h1-3,8-9,19-20,30H,4-7,10-16H2,(H2,25,26,27). The number of benzene rings is 1. The molecule has 9 heteroatoms. The zero-order valence-corrected chi connectivity index (χ0v) is 18.4. The SMILES string of the molecule is N#CNC(=NC1CCCCN(CC(=O)N2CCCC2)C1=O)NC(CO)Cc1ccccc1. The van der Waals surface area contributed by atoms with Gasteiger partial charge in [0.25, 0.3) is 0 Å². The van der Waals surface area contributed by atoms with Crippen LogP contribution in [0.5, 0.6) is 0 Å². The van der Waals surface area contributed by atoms with E-state index >= 15 is 0 Å². The first-order valence-electron chi connectivity index (χ1n) is 11.3. The number of rotatable bonds is 7. The molecule has 172 valence electrons. The number of likely N-dealkylation sites (tertiary alicyclic amines) is 2. The van der Waals surface area contributed by atoms with E-state index < -0.39 is 6.04 Å². The number of carbonyl (C=O) groups excluding carboxylic acids is 2. The summed E-state index contributed by atoms with van der Waals surface area (Å²) in [5.41, 5.74) is 1.03. The molecule has 0 saturated carbocycles. The van der Waals surface area contributed by atoms with Crippen LogP contribution in [0.3, 0.4) is 0 Å². The van der Waals surface area contributed by atoms with Gasteiger partial charge in [0, 0.05) is 19.6 Å². The molecule has 2 fully saturated rings. The summed E-state index contributed by atoms with van der Waals surface area (Å²) in [6.45, 7) is 1.97. The molecule has 2 aliphatic rings. The third kappa shape index (κ3) is 6.69. The Hall–Kier alpha value is -3.12. The number of carbonyl (C=O) groups is 2. The Labute approximate surface area is 189 Å². The fraction of sp³-hybridized carbons (Fsp3) is 0.565. The van der Waals surface area contributed by atoms with Crippen LogP contribution in [0, 0.1) is 11.5 Å². The predicted molar refractivity (Wildman–Crippen MR) is 120 cm³/mol. The maximum atomic E-state index is 13.1. The monoisotopic (exact) mass is 440 g/mol. The van der Waals surface area contributed by atoms with Gasteiger partial charge in [-0.05, 0) is 44.1 Å². The van der Waals surface area contributed by atoms with Gasteiger partial charge in [0.15, 0.2) is 6.19 Å². The van der Waals surface area contributed by atoms with Crippen LogP contribution in [0.25, 0.3) is 0 Å². The Kier molecular flexibility index (Phi) is 8.87. The highest BCUT2D eigenvalue weighted by molar-refractivity contribution is 5.90. The second kappa shape index (κ2) is 12.1. The van der Waals surface area contributed by atoms with Gasteiger partial charge in [0.05, 0.1) is 19.2 Å². The number of nitriles is 1. The van der Waals surface area contributed by atoms with Crippen LogP contribution >= 0.6 is 0 Å². The Morgan fingerprint density at radius 2 is 1.91 bits per heavy atom. The maximum absolute atomic E-state index is 13.1. The molecule has 1 aromatic rings. The van der Waals surface area contributed by atoms with Crippen LogP contribution in [0.15, 0.2) is 35.3 Å². The van der Waals surface area contributed by atoms with Gasteiger partial charge in [-0.3, -0.25) is 14.9 Å². The largest absolute Gasteiger partial charge is 0.394 e. The third-order valence-electron chi connectivity index (χ3n) is 5.88. The molecule has 2 saturated heterocycles. The highest BCUT2D eigenvalue weighted by Crippen LogP contribution is 2.16. The molecule has 2 atom stereocenters. The summed E-state index contributed by atoms with van der Waals surface area (Å²) in [5, 5.41) is 24.5. The molecule has 9 nitrogen and oxygen atoms in total. The fourth-order valence-corrected chi connectivity index (χ4v) is 4.16. The summed E-state index contributed by atoms with van der Waals surface area (Å²) in [5.74, 6) is -0.0524. The minimum absolute atomic E-state index is 0.0165. The normalized spacial score (nSPS) is 20.4. The molecule has 32 heavy (non-hydrogen) atoms. The van der Waals surface area contributed by atoms with E-state index in [2.05, 4.69) is 15.6 Å². The third-order valence-corrected chi connectivity index (χ3v) is 5.88. The number of aliphatic hydroxyl groups is 1. The summed E-state index contributed by atoms with van der Waals surface area (Å²) in [4.78, 5) is 33.6. The van der Waals surface area contributed by atoms with Crippen LogP contribution in [0.2, 0.25) is 0 Å². The minimum atomic E-state index is -0.678. The Morgan fingerprint density at radius 1 is 1.19 bits per heavy atom. The highest BCUT2D eigenvalue weighted by Gasteiger charge is 2.30. The van der Waals surface area contributed by atoms with E-state index in [1.54, 1.807) is 4.90 Å². The number of hydrogen-bond acceptors (Lipinski definition) is 5. The van der Waals surface area contributed by atoms with Crippen LogP contribution in [-0.4, -0.2) is 77.5 Å². The quantitative estimate of drug-likeness (QED) is 0.247. The first-order valence-corrected chi connectivity index (χ1v) is 11.3. The van der Waals surface area contributed by atoms with Gasteiger partial charge in [-0.1, -0.05) is 30.3 Å². The molecule has 0 radical (unpaired) electrons.